The van der Waals surface area contributed by atoms with Crippen molar-refractivity contribution in [3.8, 4) is 0 Å². The van der Waals surface area contributed by atoms with Crippen LogP contribution < -0.4 is 5.32 Å². The van der Waals surface area contributed by atoms with E-state index in [1.54, 1.807) is 6.26 Å². The van der Waals surface area contributed by atoms with Gasteiger partial charge in [-0.1, -0.05) is 25.1 Å². The molecule has 6 heteroatoms. The third-order valence-electron chi connectivity index (χ3n) is 8.39. The maximum atomic E-state index is 13.5. The number of carbonyl (C=O) groups is 2. The van der Waals surface area contributed by atoms with Crippen LogP contribution in [0.3, 0.4) is 0 Å². The number of fused-ring (bicyclic) bond motifs is 3. The number of hydrogen-bond acceptors (Lipinski definition) is 5. The van der Waals surface area contributed by atoms with Gasteiger partial charge in [0.05, 0.1) is 42.6 Å². The molecule has 1 aromatic rings. The van der Waals surface area contributed by atoms with Gasteiger partial charge >= 0.3 is 5.97 Å². The zero-order chi connectivity index (χ0) is 20.7. The number of benzene rings is 1. The molecule has 2 fully saturated rings. The molecule has 2 saturated heterocycles. The molecule has 0 aromatic heterocycles. The Morgan fingerprint density at radius 3 is 3.00 bits per heavy atom. The quantitative estimate of drug-likeness (QED) is 0.765. The monoisotopic (exact) mass is 406 g/mol. The first-order valence-corrected chi connectivity index (χ1v) is 10.9. The molecule has 1 aromatic carbocycles. The van der Waals surface area contributed by atoms with Gasteiger partial charge in [0.15, 0.2) is 0 Å². The normalized spacial score (nSPS) is 35.5. The van der Waals surface area contributed by atoms with E-state index in [0.717, 1.165) is 41.8 Å². The van der Waals surface area contributed by atoms with Gasteiger partial charge in [0.1, 0.15) is 0 Å². The van der Waals surface area contributed by atoms with Crippen LogP contribution >= 0.6 is 0 Å². The van der Waals surface area contributed by atoms with Crippen molar-refractivity contribution in [2.75, 3.05) is 25.6 Å². The summed E-state index contributed by atoms with van der Waals surface area (Å²) in [4.78, 5) is 28.7. The van der Waals surface area contributed by atoms with Crippen molar-refractivity contribution in [3.05, 3.63) is 52.9 Å². The van der Waals surface area contributed by atoms with E-state index in [4.69, 9.17) is 9.47 Å². The SMILES string of the molecule is CC[C@@]12CC(C(=O)OC)=C3Nc4ccccc4[C@@]34CCN(C(=O)C3=COCC[C@H]31)[C@@H]24. The first-order chi connectivity index (χ1) is 14.6. The van der Waals surface area contributed by atoms with Crippen LogP contribution in [0.1, 0.15) is 38.2 Å². The highest BCUT2D eigenvalue weighted by molar-refractivity contribution is 5.98. The van der Waals surface area contributed by atoms with Gasteiger partial charge in [0.25, 0.3) is 5.91 Å². The van der Waals surface area contributed by atoms with Gasteiger partial charge in [-0.05, 0) is 37.3 Å². The van der Waals surface area contributed by atoms with Crippen LogP contribution in [0.2, 0.25) is 0 Å². The standard InChI is InChI=1S/C24H26N2O4/c1-3-23-12-14(21(28)29-2)19-24(17-6-4-5-7-18(17)25-19)9-10-26(22(23)24)20(27)15-13-30-11-8-16(15)23/h4-7,13,16,22,25H,3,8-12H2,1-2H3/t16-,22+,23-,24+/m1/s1. The highest BCUT2D eigenvalue weighted by Gasteiger charge is 2.70. The minimum atomic E-state index is -0.381. The van der Waals surface area contributed by atoms with Crippen molar-refractivity contribution in [1.82, 2.24) is 4.90 Å². The fourth-order valence-corrected chi connectivity index (χ4v) is 7.32. The van der Waals surface area contributed by atoms with Crippen LogP contribution in [0.25, 0.3) is 0 Å². The third kappa shape index (κ3) is 1.86. The van der Waals surface area contributed by atoms with Gasteiger partial charge < -0.3 is 19.7 Å². The third-order valence-corrected chi connectivity index (χ3v) is 8.39. The average molecular weight is 406 g/mol. The van der Waals surface area contributed by atoms with Crippen LogP contribution in [-0.4, -0.2) is 43.1 Å². The smallest absolute Gasteiger partial charge is 0.335 e. The minimum Gasteiger partial charge on any atom is -0.501 e. The lowest BCUT2D eigenvalue weighted by Crippen LogP contribution is -2.65. The summed E-state index contributed by atoms with van der Waals surface area (Å²) in [5, 5.41) is 3.58. The number of para-hydroxylation sites is 1. The molecule has 4 atom stereocenters. The number of carbonyl (C=O) groups excluding carboxylic acids is 2. The summed E-state index contributed by atoms with van der Waals surface area (Å²) >= 11 is 0. The Labute approximate surface area is 175 Å². The Bertz CT molecular complexity index is 1040. The molecule has 1 N–H and O–H groups in total. The van der Waals surface area contributed by atoms with Crippen LogP contribution in [0.5, 0.6) is 0 Å². The first-order valence-electron chi connectivity index (χ1n) is 10.9. The molecule has 4 heterocycles. The zero-order valence-electron chi connectivity index (χ0n) is 17.4. The number of esters is 1. The topological polar surface area (TPSA) is 67.9 Å². The number of anilines is 1. The Hall–Kier alpha value is -2.76. The molecular formula is C24H26N2O4. The molecule has 4 aliphatic heterocycles. The summed E-state index contributed by atoms with van der Waals surface area (Å²) in [5.74, 6) is -0.0614. The van der Waals surface area contributed by atoms with Crippen molar-refractivity contribution in [2.24, 2.45) is 11.3 Å². The lowest BCUT2D eigenvalue weighted by Gasteiger charge is -2.59. The first kappa shape index (κ1) is 18.0. The molecule has 0 radical (unpaired) electrons. The molecule has 0 bridgehead atoms. The highest BCUT2D eigenvalue weighted by atomic mass is 16.5. The van der Waals surface area contributed by atoms with Crippen molar-refractivity contribution < 1.29 is 19.1 Å². The van der Waals surface area contributed by atoms with E-state index in [9.17, 15) is 9.59 Å². The molecule has 1 aliphatic carbocycles. The summed E-state index contributed by atoms with van der Waals surface area (Å²) < 4.78 is 10.9. The molecule has 0 saturated carbocycles. The maximum Gasteiger partial charge on any atom is 0.335 e. The number of methoxy groups -OCH3 is 1. The molecule has 0 unspecified atom stereocenters. The minimum absolute atomic E-state index is 0.0299. The van der Waals surface area contributed by atoms with E-state index >= 15 is 0 Å². The second kappa shape index (κ2) is 5.90. The largest absolute Gasteiger partial charge is 0.501 e. The van der Waals surface area contributed by atoms with E-state index < -0.39 is 0 Å². The number of nitrogens with zero attached hydrogens (tertiary/aromatic N) is 1. The fourth-order valence-electron chi connectivity index (χ4n) is 7.32. The van der Waals surface area contributed by atoms with E-state index in [-0.39, 0.29) is 34.7 Å². The summed E-state index contributed by atoms with van der Waals surface area (Å²) in [6, 6.07) is 8.35. The van der Waals surface area contributed by atoms with Gasteiger partial charge in [-0.3, -0.25) is 4.79 Å². The Kier molecular flexibility index (Phi) is 3.55. The van der Waals surface area contributed by atoms with Crippen molar-refractivity contribution in [2.45, 2.75) is 44.1 Å². The second-order valence-corrected chi connectivity index (χ2v) is 9.19. The predicted octanol–water partition coefficient (Wildman–Crippen LogP) is 3.11. The van der Waals surface area contributed by atoms with E-state index in [0.29, 0.717) is 19.6 Å². The number of amides is 1. The van der Waals surface area contributed by atoms with E-state index in [1.807, 2.05) is 6.07 Å². The highest BCUT2D eigenvalue weighted by Crippen LogP contribution is 2.68. The Morgan fingerprint density at radius 2 is 2.20 bits per heavy atom. The van der Waals surface area contributed by atoms with Crippen LogP contribution in [0.15, 0.2) is 47.4 Å². The Balaban J connectivity index is 1.68. The molecule has 30 heavy (non-hydrogen) atoms. The molecule has 156 valence electrons. The molecule has 5 aliphatic rings. The maximum absolute atomic E-state index is 13.5. The molecule has 6 rings (SSSR count). The summed E-state index contributed by atoms with van der Waals surface area (Å²) in [6.07, 6.45) is 4.81. The van der Waals surface area contributed by atoms with Gasteiger partial charge in [0.2, 0.25) is 0 Å². The van der Waals surface area contributed by atoms with Gasteiger partial charge in [-0.2, -0.15) is 0 Å². The lowest BCUT2D eigenvalue weighted by molar-refractivity contribution is -0.144. The van der Waals surface area contributed by atoms with Crippen molar-refractivity contribution >= 4 is 17.6 Å². The molecule has 1 spiro atoms. The predicted molar refractivity (Wildman–Crippen MR) is 110 cm³/mol. The average Bonchev–Trinajstić information content (AvgIpc) is 3.36. The van der Waals surface area contributed by atoms with Gasteiger partial charge in [-0.15, -0.1) is 0 Å². The number of nitrogens with one attached hydrogen (secondary N) is 1. The molecular weight excluding hydrogens is 380 g/mol. The fraction of sp³-hybridized carbons (Fsp3) is 0.500. The number of hydrogen-bond donors (Lipinski definition) is 1. The van der Waals surface area contributed by atoms with Crippen LogP contribution in [-0.2, 0) is 24.5 Å². The van der Waals surface area contributed by atoms with Crippen molar-refractivity contribution in [1.29, 1.82) is 0 Å². The number of piperidine rings is 1. The van der Waals surface area contributed by atoms with E-state index in [2.05, 4.69) is 35.3 Å². The van der Waals surface area contributed by atoms with Gasteiger partial charge in [-0.25, -0.2) is 4.79 Å². The zero-order valence-corrected chi connectivity index (χ0v) is 17.4. The Morgan fingerprint density at radius 1 is 1.37 bits per heavy atom. The van der Waals surface area contributed by atoms with Gasteiger partial charge in [0, 0.05) is 29.3 Å². The van der Waals surface area contributed by atoms with E-state index in [1.165, 1.54) is 12.7 Å². The molecule has 1 amide bonds. The summed E-state index contributed by atoms with van der Waals surface area (Å²) in [5.41, 5.74) is 4.14. The second-order valence-electron chi connectivity index (χ2n) is 9.19. The lowest BCUT2D eigenvalue weighted by atomic mass is 9.49. The summed E-state index contributed by atoms with van der Waals surface area (Å²) in [7, 11) is 1.46. The van der Waals surface area contributed by atoms with Crippen LogP contribution in [0, 0.1) is 11.3 Å². The number of rotatable bonds is 2. The molecule has 6 nitrogen and oxygen atoms in total. The summed E-state index contributed by atoms with van der Waals surface area (Å²) in [6.45, 7) is 3.51. The van der Waals surface area contributed by atoms with Crippen LogP contribution in [0.4, 0.5) is 5.69 Å². The van der Waals surface area contributed by atoms with Crippen molar-refractivity contribution in [3.63, 3.8) is 0 Å². The number of ether oxygens (including phenoxy) is 2.